The maximum atomic E-state index is 10.9. The second kappa shape index (κ2) is 5.42. The number of hydrogen-bond acceptors (Lipinski definition) is 3. The van der Waals surface area contributed by atoms with Crippen LogP contribution in [0.15, 0.2) is 59.5 Å². The molecule has 0 fully saturated rings. The van der Waals surface area contributed by atoms with Crippen LogP contribution in [-0.4, -0.2) is 20.0 Å². The zero-order valence-electron chi connectivity index (χ0n) is 10.5. The maximum Gasteiger partial charge on any atom is 0.294 e. The van der Waals surface area contributed by atoms with Crippen LogP contribution < -0.4 is 4.90 Å². The lowest BCUT2D eigenvalue weighted by Gasteiger charge is -2.19. The minimum absolute atomic E-state index is 0.0846. The van der Waals surface area contributed by atoms with Crippen molar-refractivity contribution in [1.29, 1.82) is 0 Å². The van der Waals surface area contributed by atoms with Crippen molar-refractivity contribution in [3.8, 4) is 0 Å². The van der Waals surface area contributed by atoms with Crippen molar-refractivity contribution >= 4 is 15.8 Å². The normalized spacial score (nSPS) is 11.3. The summed E-state index contributed by atoms with van der Waals surface area (Å²) in [6.07, 6.45) is 0. The first kappa shape index (κ1) is 13.6. The largest absolute Gasteiger partial charge is 0.370 e. The van der Waals surface area contributed by atoms with Crippen molar-refractivity contribution in [3.63, 3.8) is 0 Å². The SMILES string of the molecule is CN(Cc1ccc(S(=O)(=O)O)cc1)c1ccccc1. The third-order valence-electron chi connectivity index (χ3n) is 2.84. The van der Waals surface area contributed by atoms with Gasteiger partial charge in [-0.2, -0.15) is 8.42 Å². The molecule has 0 aromatic heterocycles. The molecule has 0 saturated carbocycles. The molecule has 4 nitrogen and oxygen atoms in total. The summed E-state index contributed by atoms with van der Waals surface area (Å²) >= 11 is 0. The summed E-state index contributed by atoms with van der Waals surface area (Å²) in [6, 6.07) is 16.1. The second-order valence-corrected chi connectivity index (χ2v) is 5.73. The van der Waals surface area contributed by atoms with Gasteiger partial charge in [0.25, 0.3) is 10.1 Å². The number of nitrogens with zero attached hydrogens (tertiary/aromatic N) is 1. The van der Waals surface area contributed by atoms with Gasteiger partial charge in [-0.05, 0) is 29.8 Å². The highest BCUT2D eigenvalue weighted by Gasteiger charge is 2.09. The van der Waals surface area contributed by atoms with Crippen LogP contribution in [0.3, 0.4) is 0 Å². The van der Waals surface area contributed by atoms with E-state index in [2.05, 4.69) is 4.90 Å². The first-order valence-electron chi connectivity index (χ1n) is 5.79. The van der Waals surface area contributed by atoms with Crippen molar-refractivity contribution in [2.75, 3.05) is 11.9 Å². The fraction of sp³-hybridized carbons (Fsp3) is 0.143. The van der Waals surface area contributed by atoms with Crippen LogP contribution in [-0.2, 0) is 16.7 Å². The van der Waals surface area contributed by atoms with E-state index in [0.717, 1.165) is 11.3 Å². The van der Waals surface area contributed by atoms with E-state index >= 15 is 0 Å². The molecule has 0 bridgehead atoms. The van der Waals surface area contributed by atoms with Crippen molar-refractivity contribution in [2.45, 2.75) is 11.4 Å². The Morgan fingerprint density at radius 3 is 2.11 bits per heavy atom. The number of hydrogen-bond donors (Lipinski definition) is 1. The first-order valence-corrected chi connectivity index (χ1v) is 7.23. The van der Waals surface area contributed by atoms with Crippen LogP contribution in [0.4, 0.5) is 5.69 Å². The van der Waals surface area contributed by atoms with Crippen LogP contribution in [0.1, 0.15) is 5.56 Å². The molecule has 0 unspecified atom stereocenters. The average Bonchev–Trinajstić information content (AvgIpc) is 2.39. The lowest BCUT2D eigenvalue weighted by molar-refractivity contribution is 0.483. The Morgan fingerprint density at radius 1 is 1.00 bits per heavy atom. The van der Waals surface area contributed by atoms with E-state index in [1.165, 1.54) is 12.1 Å². The minimum atomic E-state index is -4.11. The topological polar surface area (TPSA) is 57.6 Å². The Hall–Kier alpha value is -1.85. The maximum absolute atomic E-state index is 10.9. The smallest absolute Gasteiger partial charge is 0.294 e. The highest BCUT2D eigenvalue weighted by Crippen LogP contribution is 2.16. The van der Waals surface area contributed by atoms with Crippen LogP contribution in [0.25, 0.3) is 0 Å². The third kappa shape index (κ3) is 3.56. The molecule has 0 spiro atoms. The highest BCUT2D eigenvalue weighted by molar-refractivity contribution is 7.85. The predicted octanol–water partition coefficient (Wildman–Crippen LogP) is 2.57. The molecule has 0 amide bonds. The van der Waals surface area contributed by atoms with Gasteiger partial charge in [-0.1, -0.05) is 30.3 Å². The van der Waals surface area contributed by atoms with Gasteiger partial charge in [-0.15, -0.1) is 0 Å². The Balaban J connectivity index is 2.12. The summed E-state index contributed by atoms with van der Waals surface area (Å²) < 4.78 is 30.8. The van der Waals surface area contributed by atoms with E-state index in [0.29, 0.717) is 6.54 Å². The van der Waals surface area contributed by atoms with Gasteiger partial charge < -0.3 is 4.90 Å². The molecule has 0 radical (unpaired) electrons. The Bertz CT molecular complexity index is 636. The summed E-state index contributed by atoms with van der Waals surface area (Å²) in [5.74, 6) is 0. The molecule has 0 aliphatic heterocycles. The molecule has 0 aliphatic rings. The Kier molecular flexibility index (Phi) is 3.87. The fourth-order valence-electron chi connectivity index (χ4n) is 1.81. The molecule has 0 heterocycles. The molecule has 0 saturated heterocycles. The zero-order valence-corrected chi connectivity index (χ0v) is 11.3. The molecule has 100 valence electrons. The van der Waals surface area contributed by atoms with E-state index in [9.17, 15) is 8.42 Å². The Labute approximate surface area is 113 Å². The molecule has 1 N–H and O–H groups in total. The highest BCUT2D eigenvalue weighted by atomic mass is 32.2. The molecule has 19 heavy (non-hydrogen) atoms. The lowest BCUT2D eigenvalue weighted by Crippen LogP contribution is -2.16. The van der Waals surface area contributed by atoms with Crippen molar-refractivity contribution in [3.05, 3.63) is 60.2 Å². The average molecular weight is 277 g/mol. The quantitative estimate of drug-likeness (QED) is 0.873. The van der Waals surface area contributed by atoms with Crippen LogP contribution >= 0.6 is 0 Å². The fourth-order valence-corrected chi connectivity index (χ4v) is 2.29. The Morgan fingerprint density at radius 2 is 1.58 bits per heavy atom. The molecular weight excluding hydrogens is 262 g/mol. The molecule has 0 aliphatic carbocycles. The zero-order chi connectivity index (χ0) is 13.9. The molecule has 0 atom stereocenters. The van der Waals surface area contributed by atoms with Crippen LogP contribution in [0.5, 0.6) is 0 Å². The van der Waals surface area contributed by atoms with Gasteiger partial charge in [0.1, 0.15) is 0 Å². The molecular formula is C14H15NO3S. The van der Waals surface area contributed by atoms with Gasteiger partial charge in [0.05, 0.1) is 4.90 Å². The van der Waals surface area contributed by atoms with Crippen molar-refractivity contribution < 1.29 is 13.0 Å². The first-order chi connectivity index (χ1) is 8.97. The third-order valence-corrected chi connectivity index (χ3v) is 3.71. The van der Waals surface area contributed by atoms with Crippen LogP contribution in [0.2, 0.25) is 0 Å². The summed E-state index contributed by atoms with van der Waals surface area (Å²) in [5, 5.41) is 0. The predicted molar refractivity (Wildman–Crippen MR) is 74.8 cm³/mol. The van der Waals surface area contributed by atoms with Gasteiger partial charge in [0, 0.05) is 19.3 Å². The van der Waals surface area contributed by atoms with E-state index in [1.54, 1.807) is 12.1 Å². The summed E-state index contributed by atoms with van der Waals surface area (Å²) in [6.45, 7) is 0.662. The van der Waals surface area contributed by atoms with Crippen molar-refractivity contribution in [2.24, 2.45) is 0 Å². The van der Waals surface area contributed by atoms with Crippen molar-refractivity contribution in [1.82, 2.24) is 0 Å². The minimum Gasteiger partial charge on any atom is -0.370 e. The standard InChI is InChI=1S/C14H15NO3S/c1-15(13-5-3-2-4-6-13)11-12-7-9-14(10-8-12)19(16,17)18/h2-10H,11H2,1H3,(H,16,17,18). The number of rotatable bonds is 4. The van der Waals surface area contributed by atoms with E-state index < -0.39 is 10.1 Å². The van der Waals surface area contributed by atoms with Gasteiger partial charge in [0.2, 0.25) is 0 Å². The number of anilines is 1. The lowest BCUT2D eigenvalue weighted by atomic mass is 10.2. The molecule has 5 heteroatoms. The monoisotopic (exact) mass is 277 g/mol. The number of para-hydroxylation sites is 1. The molecule has 2 aromatic rings. The molecule has 2 aromatic carbocycles. The number of benzene rings is 2. The second-order valence-electron chi connectivity index (χ2n) is 4.31. The van der Waals surface area contributed by atoms with Gasteiger partial charge in [-0.3, -0.25) is 4.55 Å². The summed E-state index contributed by atoms with van der Waals surface area (Å²) in [7, 11) is -2.15. The summed E-state index contributed by atoms with van der Waals surface area (Å²) in [5.41, 5.74) is 2.06. The van der Waals surface area contributed by atoms with Crippen LogP contribution in [0, 0.1) is 0 Å². The van der Waals surface area contributed by atoms with Gasteiger partial charge in [0.15, 0.2) is 0 Å². The van der Waals surface area contributed by atoms with E-state index in [-0.39, 0.29) is 4.90 Å². The van der Waals surface area contributed by atoms with E-state index in [4.69, 9.17) is 4.55 Å². The van der Waals surface area contributed by atoms with Gasteiger partial charge in [-0.25, -0.2) is 0 Å². The summed E-state index contributed by atoms with van der Waals surface area (Å²) in [4.78, 5) is 1.97. The molecule has 2 rings (SSSR count). The van der Waals surface area contributed by atoms with Gasteiger partial charge >= 0.3 is 0 Å². The van der Waals surface area contributed by atoms with E-state index in [1.807, 2.05) is 37.4 Å².